The SMILES string of the molecule is CCCCc1cn(C2CCN(C(=O)C3CC(=O)N(C(C)(C)C)C3)CC2)nn1. The van der Waals surface area contributed by atoms with Gasteiger partial charge in [-0.1, -0.05) is 18.6 Å². The molecule has 2 fully saturated rings. The van der Waals surface area contributed by atoms with Crippen molar-refractivity contribution in [1.29, 1.82) is 0 Å². The molecule has 2 saturated heterocycles. The van der Waals surface area contributed by atoms with E-state index in [0.29, 0.717) is 19.0 Å². The van der Waals surface area contributed by atoms with Gasteiger partial charge in [0.05, 0.1) is 17.7 Å². The Balaban J connectivity index is 1.52. The smallest absolute Gasteiger partial charge is 0.227 e. The number of hydrogen-bond acceptors (Lipinski definition) is 4. The van der Waals surface area contributed by atoms with Gasteiger partial charge in [-0.25, -0.2) is 4.68 Å². The van der Waals surface area contributed by atoms with Gasteiger partial charge in [-0.2, -0.15) is 0 Å². The van der Waals surface area contributed by atoms with Crippen LogP contribution < -0.4 is 0 Å². The minimum atomic E-state index is -0.221. The number of carbonyl (C=O) groups is 2. The Labute approximate surface area is 162 Å². The topological polar surface area (TPSA) is 71.3 Å². The molecule has 7 heteroatoms. The van der Waals surface area contributed by atoms with E-state index in [9.17, 15) is 9.59 Å². The fourth-order valence-corrected chi connectivity index (χ4v) is 4.09. The molecule has 1 atom stereocenters. The molecule has 3 rings (SSSR count). The highest BCUT2D eigenvalue weighted by Gasteiger charge is 2.41. The van der Waals surface area contributed by atoms with Gasteiger partial charge in [0.25, 0.3) is 0 Å². The normalized spacial score (nSPS) is 21.9. The van der Waals surface area contributed by atoms with Crippen LogP contribution in [0.25, 0.3) is 0 Å². The maximum atomic E-state index is 12.9. The van der Waals surface area contributed by atoms with Crippen molar-refractivity contribution in [3.63, 3.8) is 0 Å². The predicted molar refractivity (Wildman–Crippen MR) is 103 cm³/mol. The average molecular weight is 376 g/mol. The van der Waals surface area contributed by atoms with Crippen LogP contribution in [-0.2, 0) is 16.0 Å². The van der Waals surface area contributed by atoms with Crippen LogP contribution in [0.4, 0.5) is 0 Å². The maximum absolute atomic E-state index is 12.9. The lowest BCUT2D eigenvalue weighted by Gasteiger charge is -2.34. The molecule has 2 amide bonds. The van der Waals surface area contributed by atoms with Crippen molar-refractivity contribution in [3.8, 4) is 0 Å². The molecule has 0 aromatic carbocycles. The van der Waals surface area contributed by atoms with E-state index in [-0.39, 0.29) is 23.3 Å². The van der Waals surface area contributed by atoms with Gasteiger partial charge in [-0.05, 0) is 46.5 Å². The monoisotopic (exact) mass is 375 g/mol. The number of aryl methyl sites for hydroxylation is 1. The quantitative estimate of drug-likeness (QED) is 0.792. The first-order valence-electron chi connectivity index (χ1n) is 10.3. The number of hydrogen-bond donors (Lipinski definition) is 0. The Morgan fingerprint density at radius 2 is 1.96 bits per heavy atom. The van der Waals surface area contributed by atoms with Gasteiger partial charge in [0.15, 0.2) is 0 Å². The molecule has 1 aromatic heterocycles. The van der Waals surface area contributed by atoms with Crippen LogP contribution in [0.2, 0.25) is 0 Å². The molecule has 1 unspecified atom stereocenters. The lowest BCUT2D eigenvalue weighted by molar-refractivity contribution is -0.137. The van der Waals surface area contributed by atoms with Crippen molar-refractivity contribution in [2.24, 2.45) is 5.92 Å². The zero-order valence-electron chi connectivity index (χ0n) is 17.1. The molecule has 27 heavy (non-hydrogen) atoms. The van der Waals surface area contributed by atoms with Crippen LogP contribution in [0.15, 0.2) is 6.20 Å². The summed E-state index contributed by atoms with van der Waals surface area (Å²) in [7, 11) is 0. The largest absolute Gasteiger partial charge is 0.342 e. The molecule has 3 heterocycles. The standard InChI is InChI=1S/C20H33N5O2/c1-5-6-7-16-14-25(22-21-16)17-8-10-23(11-9-17)19(27)15-12-18(26)24(13-15)20(2,3)4/h14-15,17H,5-13H2,1-4H3. The summed E-state index contributed by atoms with van der Waals surface area (Å²) in [6, 6.07) is 0.313. The summed E-state index contributed by atoms with van der Waals surface area (Å²) in [5, 5.41) is 8.57. The Morgan fingerprint density at radius 1 is 1.26 bits per heavy atom. The number of amides is 2. The van der Waals surface area contributed by atoms with Gasteiger partial charge in [0, 0.05) is 37.8 Å². The summed E-state index contributed by atoms with van der Waals surface area (Å²) in [5.41, 5.74) is 0.837. The lowest BCUT2D eigenvalue weighted by Crippen LogP contribution is -2.45. The summed E-state index contributed by atoms with van der Waals surface area (Å²) in [5.74, 6) is 0.0361. The Bertz CT molecular complexity index is 670. The molecule has 0 saturated carbocycles. The molecule has 150 valence electrons. The Hall–Kier alpha value is -1.92. The van der Waals surface area contributed by atoms with Gasteiger partial charge in [-0.15, -0.1) is 5.10 Å². The van der Waals surface area contributed by atoms with Crippen molar-refractivity contribution in [2.75, 3.05) is 19.6 Å². The Morgan fingerprint density at radius 3 is 2.56 bits per heavy atom. The van der Waals surface area contributed by atoms with Gasteiger partial charge in [0.1, 0.15) is 0 Å². The first kappa shape index (κ1) is 19.8. The predicted octanol–water partition coefficient (Wildman–Crippen LogP) is 2.43. The van der Waals surface area contributed by atoms with E-state index in [1.807, 2.05) is 35.3 Å². The summed E-state index contributed by atoms with van der Waals surface area (Å²) >= 11 is 0. The number of rotatable bonds is 5. The molecule has 2 aliphatic rings. The van der Waals surface area contributed by atoms with Crippen molar-refractivity contribution in [1.82, 2.24) is 24.8 Å². The Kier molecular flexibility index (Phi) is 5.86. The van der Waals surface area contributed by atoms with Gasteiger partial charge >= 0.3 is 0 Å². The fourth-order valence-electron chi connectivity index (χ4n) is 4.09. The van der Waals surface area contributed by atoms with E-state index in [1.165, 1.54) is 0 Å². The molecule has 1 aromatic rings. The maximum Gasteiger partial charge on any atom is 0.227 e. The number of unbranched alkanes of at least 4 members (excludes halogenated alkanes) is 1. The van der Waals surface area contributed by atoms with Crippen molar-refractivity contribution in [2.45, 2.75) is 77.8 Å². The van der Waals surface area contributed by atoms with Crippen LogP contribution in [0.3, 0.4) is 0 Å². The summed E-state index contributed by atoms with van der Waals surface area (Å²) in [6.07, 6.45) is 7.47. The zero-order chi connectivity index (χ0) is 19.6. The second kappa shape index (κ2) is 7.98. The molecule has 0 spiro atoms. The van der Waals surface area contributed by atoms with Crippen molar-refractivity contribution < 1.29 is 9.59 Å². The highest BCUT2D eigenvalue weighted by molar-refractivity contribution is 5.89. The number of piperidine rings is 1. The van der Waals surface area contributed by atoms with Crippen LogP contribution in [0.5, 0.6) is 0 Å². The lowest BCUT2D eigenvalue weighted by atomic mass is 10.0. The van der Waals surface area contributed by atoms with E-state index in [4.69, 9.17) is 0 Å². The third-order valence-electron chi connectivity index (χ3n) is 5.78. The molecular formula is C20H33N5O2. The van der Waals surface area contributed by atoms with Crippen LogP contribution in [-0.4, -0.2) is 61.8 Å². The van der Waals surface area contributed by atoms with Crippen LogP contribution in [0, 0.1) is 5.92 Å². The first-order chi connectivity index (χ1) is 12.8. The summed E-state index contributed by atoms with van der Waals surface area (Å²) in [4.78, 5) is 28.9. The second-order valence-corrected chi connectivity index (χ2v) is 8.93. The van der Waals surface area contributed by atoms with E-state index in [0.717, 1.165) is 50.9 Å². The molecule has 0 radical (unpaired) electrons. The van der Waals surface area contributed by atoms with Crippen LogP contribution >= 0.6 is 0 Å². The van der Waals surface area contributed by atoms with Gasteiger partial charge < -0.3 is 9.80 Å². The highest BCUT2D eigenvalue weighted by Crippen LogP contribution is 2.29. The van der Waals surface area contributed by atoms with E-state index < -0.39 is 0 Å². The van der Waals surface area contributed by atoms with Crippen LogP contribution in [0.1, 0.15) is 71.5 Å². The number of nitrogens with zero attached hydrogens (tertiary/aromatic N) is 5. The van der Waals surface area contributed by atoms with E-state index >= 15 is 0 Å². The summed E-state index contributed by atoms with van der Waals surface area (Å²) in [6.45, 7) is 10.3. The third kappa shape index (κ3) is 4.50. The molecule has 7 nitrogen and oxygen atoms in total. The fraction of sp³-hybridized carbons (Fsp3) is 0.800. The summed E-state index contributed by atoms with van der Waals surface area (Å²) < 4.78 is 1.98. The first-order valence-corrected chi connectivity index (χ1v) is 10.3. The average Bonchev–Trinajstić information content (AvgIpc) is 3.26. The number of aromatic nitrogens is 3. The number of carbonyl (C=O) groups excluding carboxylic acids is 2. The molecule has 0 N–H and O–H groups in total. The molecular weight excluding hydrogens is 342 g/mol. The zero-order valence-corrected chi connectivity index (χ0v) is 17.1. The van der Waals surface area contributed by atoms with E-state index in [2.05, 4.69) is 23.4 Å². The minimum absolute atomic E-state index is 0.0953. The van der Waals surface area contributed by atoms with Crippen molar-refractivity contribution >= 4 is 11.8 Å². The minimum Gasteiger partial charge on any atom is -0.342 e. The number of likely N-dealkylation sites (tertiary alicyclic amines) is 2. The van der Waals surface area contributed by atoms with Crippen molar-refractivity contribution in [3.05, 3.63) is 11.9 Å². The van der Waals surface area contributed by atoms with Gasteiger partial charge in [0.2, 0.25) is 11.8 Å². The second-order valence-electron chi connectivity index (χ2n) is 8.93. The van der Waals surface area contributed by atoms with Gasteiger partial charge in [-0.3, -0.25) is 9.59 Å². The highest BCUT2D eigenvalue weighted by atomic mass is 16.2. The molecule has 0 aliphatic carbocycles. The third-order valence-corrected chi connectivity index (χ3v) is 5.78. The van der Waals surface area contributed by atoms with E-state index in [1.54, 1.807) is 0 Å². The molecule has 0 bridgehead atoms. The molecule has 2 aliphatic heterocycles.